The van der Waals surface area contributed by atoms with Crippen LogP contribution in [0.15, 0.2) is 106 Å². The van der Waals surface area contributed by atoms with Crippen molar-refractivity contribution < 1.29 is 87.9 Å². The summed E-state index contributed by atoms with van der Waals surface area (Å²) in [5.74, 6) is -4.70. The van der Waals surface area contributed by atoms with Crippen LogP contribution in [0.3, 0.4) is 0 Å². The minimum atomic E-state index is -1.28. The number of carboxylic acid groups (broad SMARTS) is 1. The zero-order valence-electron chi connectivity index (χ0n) is 69.0. The molecule has 618 valence electrons. The number of aromatic nitrogens is 9. The largest absolute Gasteiger partial charge is 1.00 e. The van der Waals surface area contributed by atoms with Crippen LogP contribution in [0, 0.1) is 64.7 Å². The molecule has 0 fully saturated rings. The van der Waals surface area contributed by atoms with Crippen molar-refractivity contribution in [2.45, 2.75) is 185 Å². The van der Waals surface area contributed by atoms with E-state index in [0.29, 0.717) is 73.5 Å². The Kier molecular flexibility index (Phi) is 38.0. The number of pyridine rings is 3. The predicted molar refractivity (Wildman–Crippen MR) is 438 cm³/mol. The van der Waals surface area contributed by atoms with Gasteiger partial charge in [-0.3, -0.25) is 47.5 Å². The second-order valence-corrected chi connectivity index (χ2v) is 30.8. The summed E-state index contributed by atoms with van der Waals surface area (Å²) in [4.78, 5) is 159. The van der Waals surface area contributed by atoms with Gasteiger partial charge >= 0.3 is 41.5 Å². The number of benzene rings is 2. The van der Waals surface area contributed by atoms with Gasteiger partial charge in [0.1, 0.15) is 41.9 Å². The summed E-state index contributed by atoms with van der Waals surface area (Å²) in [6, 6.07) is 20.4. The standard InChI is InChI=1S/C50H63N9O8.C16H19N3O3.C9H13NO.C8H9ClN2O2.CH4.Na.H2O/c1-29-23-41(62)46(58(7)48(65)34(14-17-52)27-40(61)45-30(2)55-49(56-31(45)3)59-20-15-35(28-44(59)63)50(4,5)6)33-11-13-43(67-22-19-54)37(26-33)36-24-32(10-12-42(36)66-21-18-53)25-38(57-47(29)64)39(60)9-8-16-51;1-9-13(14(21)22)10(2)18-15(17-9)19-7-6-11(8-12(19)20)16(3,4)5;1-9(2,3)7-4-5-10-8(11)6-7;1-4-6(7(12)13-3)5(2)11-8(9)10-4;;;/h10-13,15,20,24,26,28-29,34,38,46H,8-9,14,17-19,21-23,25,27,52-54H2,1-7H3,(H,57,64);6-8H,1-5H3,(H,21,22);4-6H,1-3H3,(H,10,11);1-3H3;1H4;;1H2/q;;;;;+1;/p-1/t29-,34-,38+,46+;;;;;;/m1....../s1. The number of amides is 2. The molecular formula is C84H109ClN15NaO15. The van der Waals surface area contributed by atoms with Crippen molar-refractivity contribution in [3.63, 3.8) is 0 Å². The summed E-state index contributed by atoms with van der Waals surface area (Å²) in [6.45, 7) is 30.5. The maximum Gasteiger partial charge on any atom is 1.00 e. The van der Waals surface area contributed by atoms with Gasteiger partial charge in [-0.25, -0.2) is 39.5 Å². The van der Waals surface area contributed by atoms with E-state index in [1.165, 1.54) is 34.3 Å². The Bertz CT molecular complexity index is 5010. The number of aromatic amines is 1. The van der Waals surface area contributed by atoms with Gasteiger partial charge in [0.2, 0.25) is 34.6 Å². The molecule has 6 aromatic heterocycles. The minimum Gasteiger partial charge on any atom is -0.870 e. The van der Waals surface area contributed by atoms with E-state index in [9.17, 15) is 53.2 Å². The molecule has 1 aliphatic heterocycles. The molecule has 4 bridgehead atoms. The van der Waals surface area contributed by atoms with Crippen LogP contribution in [0.5, 0.6) is 11.5 Å². The number of carbonyl (C=O) groups excluding carboxylic acids is 6. The Hall–Kier alpha value is -10.4. The Morgan fingerprint density at radius 2 is 1.12 bits per heavy atom. The number of nitriles is 1. The van der Waals surface area contributed by atoms with Crippen molar-refractivity contribution in [1.29, 1.82) is 5.26 Å². The van der Waals surface area contributed by atoms with Crippen molar-refractivity contribution >= 4 is 52.7 Å². The topological polar surface area (TPSA) is 469 Å². The van der Waals surface area contributed by atoms with E-state index in [-0.39, 0.29) is 181 Å². The number of nitrogens with one attached hydrogen (secondary N) is 2. The van der Waals surface area contributed by atoms with Gasteiger partial charge in [-0.05, 0) is 159 Å². The number of H-pyrrole nitrogens is 1. The summed E-state index contributed by atoms with van der Waals surface area (Å²) in [5, 5.41) is 21.4. The average Bonchev–Trinajstić information content (AvgIpc) is 0.786. The van der Waals surface area contributed by atoms with Crippen LogP contribution in [0.1, 0.15) is 208 Å². The molecule has 0 saturated heterocycles. The molecule has 116 heavy (non-hydrogen) atoms. The second-order valence-electron chi connectivity index (χ2n) is 30.5. The van der Waals surface area contributed by atoms with Crippen LogP contribution in [-0.4, -0.2) is 154 Å². The number of aromatic carboxylic acids is 1. The fourth-order valence-electron chi connectivity index (χ4n) is 12.5. The number of ketones is 3. The summed E-state index contributed by atoms with van der Waals surface area (Å²) in [5.41, 5.74) is 24.8. The van der Waals surface area contributed by atoms with E-state index >= 15 is 0 Å². The minimum absolute atomic E-state index is 0. The number of fused-ring (bicyclic) bond motifs is 5. The van der Waals surface area contributed by atoms with Crippen molar-refractivity contribution in [2.24, 2.45) is 29.0 Å². The summed E-state index contributed by atoms with van der Waals surface area (Å²) < 4.78 is 19.5. The molecule has 7 heterocycles. The summed E-state index contributed by atoms with van der Waals surface area (Å²) in [6.07, 6.45) is 4.34. The zero-order chi connectivity index (χ0) is 84.3. The first-order valence-corrected chi connectivity index (χ1v) is 37.2. The van der Waals surface area contributed by atoms with Crippen LogP contribution in [0.4, 0.5) is 0 Å². The molecule has 30 nitrogen and oxygen atoms in total. The first kappa shape index (κ1) is 99.8. The van der Waals surface area contributed by atoms with E-state index in [4.69, 9.17) is 43.4 Å². The van der Waals surface area contributed by atoms with Gasteiger partial charge in [-0.15, -0.1) is 0 Å². The van der Waals surface area contributed by atoms with Crippen LogP contribution in [-0.2, 0) is 46.6 Å². The number of aryl methyl sites for hydroxylation is 6. The van der Waals surface area contributed by atoms with Gasteiger partial charge in [0.15, 0.2) is 17.3 Å². The number of Topliss-reactive ketones (excluding diaryl/α,β-unsaturated/α-hetero) is 3. The average molecular weight is 1630 g/mol. The van der Waals surface area contributed by atoms with E-state index in [0.717, 1.165) is 16.7 Å². The number of rotatable bonds is 20. The third-order valence-electron chi connectivity index (χ3n) is 18.6. The first-order valence-electron chi connectivity index (χ1n) is 36.8. The van der Waals surface area contributed by atoms with Crippen LogP contribution in [0.25, 0.3) is 23.0 Å². The summed E-state index contributed by atoms with van der Waals surface area (Å²) >= 11 is 5.60. The van der Waals surface area contributed by atoms with Gasteiger partial charge in [0.25, 0.3) is 11.1 Å². The van der Waals surface area contributed by atoms with E-state index in [2.05, 4.69) is 65.7 Å². The second kappa shape index (κ2) is 44.1. The Morgan fingerprint density at radius 1 is 0.655 bits per heavy atom. The maximum atomic E-state index is 14.8. The number of esters is 1. The molecule has 0 unspecified atom stereocenters. The molecule has 9 rings (SSSR count). The Balaban J connectivity index is 0.000000568. The number of ether oxygens (including phenoxy) is 3. The molecule has 0 spiro atoms. The van der Waals surface area contributed by atoms with E-state index < -0.39 is 59.2 Å². The number of likely N-dealkylation sites (N-methyl/N-ethyl adjacent to an activating group) is 1. The van der Waals surface area contributed by atoms with Gasteiger partial charge in [-0.1, -0.05) is 88.8 Å². The fourth-order valence-corrected chi connectivity index (χ4v) is 12.8. The van der Waals surface area contributed by atoms with Crippen molar-refractivity contribution in [1.82, 2.24) is 54.2 Å². The molecule has 1 aliphatic rings. The molecule has 0 aliphatic carbocycles. The summed E-state index contributed by atoms with van der Waals surface area (Å²) in [7, 11) is 2.79. The van der Waals surface area contributed by atoms with Crippen molar-refractivity contribution in [3.05, 3.63) is 206 Å². The molecule has 32 heteroatoms. The SMILES string of the molecule is C.CC(C)(C)c1cc[nH]c(=O)c1.COC(=O)c1c(C)nc(Cl)nc1C.Cc1nc(-n2ccc(C(C)(C)C)cc2=O)nc(C)c1C(=O)C[C@@H](CCN)C(=O)N(C)[C@@H]1C(=O)C[C@@H](C)C(=O)N[C@H](C(=O)CCC#N)Cc2ccc(OCCN)c(c2)-c2cc1ccc2OCCN.Cc1nc(-n2ccc(C(C)(C)C)cc2=O)nc(C)c1C(=O)O.[Na+].[OH-]. The fraction of sp³-hybridized carbons (Fsp3) is 0.440. The van der Waals surface area contributed by atoms with Crippen LogP contribution < -0.4 is 78.2 Å². The van der Waals surface area contributed by atoms with Gasteiger partial charge in [0, 0.05) is 106 Å². The number of nitrogens with two attached hydrogens (primary N) is 3. The van der Waals surface area contributed by atoms with Gasteiger partial charge < -0.3 is 57.2 Å². The molecule has 2 aromatic carbocycles. The number of halogens is 1. The third-order valence-corrected chi connectivity index (χ3v) is 18.8. The Morgan fingerprint density at radius 3 is 1.55 bits per heavy atom. The van der Waals surface area contributed by atoms with E-state index in [1.54, 1.807) is 110 Å². The molecule has 8 aromatic rings. The number of carboxylic acids is 1. The monoisotopic (exact) mass is 1630 g/mol. The number of hydrogen-bond donors (Lipinski definition) is 6. The smallest absolute Gasteiger partial charge is 0.870 e. The molecule has 0 radical (unpaired) electrons. The van der Waals surface area contributed by atoms with Crippen molar-refractivity contribution in [3.8, 4) is 40.6 Å². The number of nitrogens with zero attached hydrogens (tertiary/aromatic N) is 10. The van der Waals surface area contributed by atoms with E-state index in [1.807, 2.05) is 71.9 Å². The van der Waals surface area contributed by atoms with Gasteiger partial charge in [-0.2, -0.15) is 5.26 Å². The molecule has 2 amide bonds. The molecule has 4 atom stereocenters. The molecule has 10 N–H and O–H groups in total. The number of hydrogen-bond acceptors (Lipinski definition) is 24. The zero-order valence-corrected chi connectivity index (χ0v) is 71.8. The predicted octanol–water partition coefficient (Wildman–Crippen LogP) is 7.04. The Labute approximate surface area is 703 Å². The first-order chi connectivity index (χ1) is 53.0. The maximum absolute atomic E-state index is 14.8. The normalized spacial score (nSPS) is 14.1. The number of carbonyl (C=O) groups is 7. The van der Waals surface area contributed by atoms with Crippen molar-refractivity contribution in [2.75, 3.05) is 47.0 Å². The quantitative estimate of drug-likeness (QED) is 0.0193. The molecule has 0 saturated carbocycles. The van der Waals surface area contributed by atoms with Gasteiger partial charge in [0.05, 0.1) is 58.9 Å². The van der Waals surface area contributed by atoms with Crippen LogP contribution in [0.2, 0.25) is 5.28 Å². The molecular weight excluding hydrogens is 1520 g/mol. The third kappa shape index (κ3) is 26.6. The number of methoxy groups -OCH3 is 1. The van der Waals surface area contributed by atoms with Crippen LogP contribution >= 0.6 is 11.6 Å².